The van der Waals surface area contributed by atoms with E-state index in [0.29, 0.717) is 55.2 Å². The Kier molecular flexibility index (Phi) is 12.2. The van der Waals surface area contributed by atoms with Crippen LogP contribution < -0.4 is 26.3 Å². The van der Waals surface area contributed by atoms with Gasteiger partial charge in [-0.15, -0.1) is 0 Å². The molecule has 0 bridgehead atoms. The molecular weight excluding hydrogens is 632 g/mol. The lowest BCUT2D eigenvalue weighted by Crippen LogP contribution is -2.27. The van der Waals surface area contributed by atoms with Crippen LogP contribution in [0.3, 0.4) is 0 Å². The summed E-state index contributed by atoms with van der Waals surface area (Å²) in [5, 5.41) is 6.84. The van der Waals surface area contributed by atoms with Crippen molar-refractivity contribution in [1.29, 1.82) is 0 Å². The van der Waals surface area contributed by atoms with Crippen LogP contribution in [0.1, 0.15) is 24.8 Å². The lowest BCUT2D eigenvalue weighted by molar-refractivity contribution is -0.129. The number of nitrogens with one attached hydrogen (secondary N) is 1. The van der Waals surface area contributed by atoms with Gasteiger partial charge in [-0.1, -0.05) is 85.5 Å². The van der Waals surface area contributed by atoms with Crippen LogP contribution in [0.25, 0.3) is 32.7 Å². The van der Waals surface area contributed by atoms with Gasteiger partial charge >= 0.3 is 0 Å². The van der Waals surface area contributed by atoms with Crippen LogP contribution in [0.15, 0.2) is 115 Å². The summed E-state index contributed by atoms with van der Waals surface area (Å²) in [6.45, 7) is 4.62. The molecule has 5 N–H and O–H groups in total. The second kappa shape index (κ2) is 17.3. The van der Waals surface area contributed by atoms with Crippen LogP contribution in [0.2, 0.25) is 0 Å². The zero-order valence-corrected chi connectivity index (χ0v) is 27.7. The van der Waals surface area contributed by atoms with E-state index in [0.717, 1.165) is 32.7 Å². The number of hydrogen-bond acceptors (Lipinski definition) is 7. The molecule has 1 amide bonds. The Morgan fingerprint density at radius 1 is 0.840 bits per heavy atom. The first-order chi connectivity index (χ1) is 24.4. The molecular formula is C40H40N4O6. The van der Waals surface area contributed by atoms with Gasteiger partial charge in [-0.05, 0) is 64.2 Å². The molecule has 0 saturated heterocycles. The van der Waals surface area contributed by atoms with Crippen LogP contribution in [-0.4, -0.2) is 43.9 Å². The second-order valence-corrected chi connectivity index (χ2v) is 11.7. The predicted molar refractivity (Wildman–Crippen MR) is 197 cm³/mol. The Bertz CT molecular complexity index is 2020. The highest BCUT2D eigenvalue weighted by molar-refractivity contribution is 6.10. The van der Waals surface area contributed by atoms with Gasteiger partial charge in [0, 0.05) is 35.7 Å². The number of nitrogens with two attached hydrogens (primary N) is 2. The highest BCUT2D eigenvalue weighted by Crippen LogP contribution is 2.45. The number of amides is 1. The van der Waals surface area contributed by atoms with E-state index in [1.54, 1.807) is 30.3 Å². The summed E-state index contributed by atoms with van der Waals surface area (Å²) in [4.78, 5) is 41.7. The molecule has 1 atom stereocenters. The fourth-order valence-electron chi connectivity index (χ4n) is 5.89. The molecule has 0 aliphatic rings. The molecule has 5 rings (SSSR count). The first-order valence-electron chi connectivity index (χ1n) is 16.3. The number of carbonyl (C=O) groups is 3. The van der Waals surface area contributed by atoms with E-state index in [-0.39, 0.29) is 37.3 Å². The number of ether oxygens (including phenoxy) is 3. The van der Waals surface area contributed by atoms with Gasteiger partial charge in [0.1, 0.15) is 31.3 Å². The zero-order chi connectivity index (χ0) is 35.3. The summed E-state index contributed by atoms with van der Waals surface area (Å²) in [6, 6.07) is 30.8. The average molecular weight is 673 g/mol. The molecule has 50 heavy (non-hydrogen) atoms. The fourth-order valence-corrected chi connectivity index (χ4v) is 5.89. The quantitative estimate of drug-likeness (QED) is 0.0311. The molecule has 0 heterocycles. The molecule has 5 aromatic rings. The molecule has 0 saturated carbocycles. The number of rotatable bonds is 18. The Balaban J connectivity index is 1.41. The zero-order valence-electron chi connectivity index (χ0n) is 27.7. The first kappa shape index (κ1) is 35.2. The third-order valence-electron chi connectivity index (χ3n) is 8.14. The largest absolute Gasteiger partial charge is 0.489 e. The number of aliphatic imine (C=N–C) groups is 1. The van der Waals surface area contributed by atoms with Crippen molar-refractivity contribution in [2.24, 2.45) is 22.4 Å². The highest BCUT2D eigenvalue weighted by atomic mass is 16.5. The maximum atomic E-state index is 13.6. The topological polar surface area (TPSA) is 155 Å². The van der Waals surface area contributed by atoms with Crippen molar-refractivity contribution in [3.8, 4) is 22.6 Å². The van der Waals surface area contributed by atoms with Crippen LogP contribution in [-0.2, 0) is 25.7 Å². The van der Waals surface area contributed by atoms with Crippen molar-refractivity contribution in [3.05, 3.63) is 115 Å². The fraction of sp³-hybridized carbons (Fsp3) is 0.200. The van der Waals surface area contributed by atoms with Crippen molar-refractivity contribution in [2.75, 3.05) is 25.1 Å². The van der Waals surface area contributed by atoms with E-state index in [4.69, 9.17) is 25.7 Å². The lowest BCUT2D eigenvalue weighted by atomic mass is 9.92. The van der Waals surface area contributed by atoms with Crippen LogP contribution in [0, 0.1) is 5.92 Å². The number of anilines is 1. The minimum Gasteiger partial charge on any atom is -0.489 e. The van der Waals surface area contributed by atoms with Crippen LogP contribution in [0.4, 0.5) is 5.69 Å². The van der Waals surface area contributed by atoms with Crippen molar-refractivity contribution in [3.63, 3.8) is 0 Å². The van der Waals surface area contributed by atoms with Gasteiger partial charge in [-0.3, -0.25) is 19.4 Å². The predicted octanol–water partition coefficient (Wildman–Crippen LogP) is 6.54. The van der Waals surface area contributed by atoms with Gasteiger partial charge in [0.2, 0.25) is 5.91 Å². The molecule has 0 radical (unpaired) electrons. The number of Topliss-reactive ketones (excluding diaryl/α,β-unsaturated/α-hetero) is 1. The summed E-state index contributed by atoms with van der Waals surface area (Å²) in [5.41, 5.74) is 13.8. The van der Waals surface area contributed by atoms with E-state index < -0.39 is 5.92 Å². The van der Waals surface area contributed by atoms with Crippen molar-refractivity contribution >= 4 is 51.4 Å². The van der Waals surface area contributed by atoms with Gasteiger partial charge in [0.05, 0.1) is 0 Å². The molecule has 10 heteroatoms. The number of nitrogens with zero attached hydrogens (tertiary/aromatic N) is 1. The normalized spacial score (nSPS) is 11.4. The Morgan fingerprint density at radius 3 is 2.14 bits per heavy atom. The summed E-state index contributed by atoms with van der Waals surface area (Å²) < 4.78 is 17.3. The Morgan fingerprint density at radius 2 is 1.50 bits per heavy atom. The SMILES string of the molecule is C=CCOc1ccc2ccccc2c1-c1c(OCC(=O)C[C@H](CCCN=C(N)N)C(=O)Nc2cccc(COC=O)c2)ccc2ccccc12. The molecule has 0 aliphatic carbocycles. The smallest absolute Gasteiger partial charge is 0.293 e. The molecule has 256 valence electrons. The Hall–Kier alpha value is -6.16. The van der Waals surface area contributed by atoms with Crippen molar-refractivity contribution in [1.82, 2.24) is 0 Å². The van der Waals surface area contributed by atoms with E-state index >= 15 is 0 Å². The minimum absolute atomic E-state index is 0.0414. The summed E-state index contributed by atoms with van der Waals surface area (Å²) in [5.74, 6) is -0.123. The molecule has 0 aromatic heterocycles. The van der Waals surface area contributed by atoms with E-state index in [2.05, 4.69) is 16.9 Å². The summed E-state index contributed by atoms with van der Waals surface area (Å²) >= 11 is 0. The summed E-state index contributed by atoms with van der Waals surface area (Å²) in [6.07, 6.45) is 2.48. The number of guanidine groups is 1. The maximum absolute atomic E-state index is 13.6. The summed E-state index contributed by atoms with van der Waals surface area (Å²) in [7, 11) is 0. The minimum atomic E-state index is -0.678. The van der Waals surface area contributed by atoms with Gasteiger partial charge in [0.15, 0.2) is 11.7 Å². The molecule has 0 fully saturated rings. The molecule has 0 aliphatic heterocycles. The van der Waals surface area contributed by atoms with Gasteiger partial charge in [-0.25, -0.2) is 0 Å². The average Bonchev–Trinajstić information content (AvgIpc) is 3.13. The number of fused-ring (bicyclic) bond motifs is 2. The van der Waals surface area contributed by atoms with Crippen LogP contribution in [0.5, 0.6) is 11.5 Å². The number of carbonyl (C=O) groups excluding carboxylic acids is 3. The number of benzene rings is 5. The van der Waals surface area contributed by atoms with E-state index in [1.807, 2.05) is 72.8 Å². The van der Waals surface area contributed by atoms with Crippen molar-refractivity contribution in [2.45, 2.75) is 25.9 Å². The standard InChI is InChI=1S/C40H40N4O6/c1-2-21-49-35-18-16-28-10-3-5-14-33(28)37(35)38-34-15-6-4-11-29(34)17-19-36(38)50-25-32(46)23-30(12-8-20-43-40(41)42)39(47)44-31-13-7-9-27(22-31)24-48-26-45/h2-7,9-11,13-19,22,26,30H,1,8,12,20-21,23-25H2,(H,44,47)(H4,41,42,43)/t30-/m0/s1. The molecule has 0 unspecified atom stereocenters. The third-order valence-corrected chi connectivity index (χ3v) is 8.14. The van der Waals surface area contributed by atoms with Crippen LogP contribution >= 0.6 is 0 Å². The first-order valence-corrected chi connectivity index (χ1v) is 16.3. The lowest BCUT2D eigenvalue weighted by Gasteiger charge is -2.20. The number of hydrogen-bond donors (Lipinski definition) is 3. The van der Waals surface area contributed by atoms with E-state index in [1.165, 1.54) is 0 Å². The highest BCUT2D eigenvalue weighted by Gasteiger charge is 2.24. The van der Waals surface area contributed by atoms with Crippen molar-refractivity contribution < 1.29 is 28.6 Å². The maximum Gasteiger partial charge on any atom is 0.293 e. The van der Waals surface area contributed by atoms with Gasteiger partial charge in [0.25, 0.3) is 6.47 Å². The van der Waals surface area contributed by atoms with Gasteiger partial charge < -0.3 is 31.0 Å². The van der Waals surface area contributed by atoms with E-state index in [9.17, 15) is 14.4 Å². The monoisotopic (exact) mass is 672 g/mol. The number of ketones is 1. The Labute approximate surface area is 290 Å². The van der Waals surface area contributed by atoms with Gasteiger partial charge in [-0.2, -0.15) is 0 Å². The second-order valence-electron chi connectivity index (χ2n) is 11.7. The molecule has 5 aromatic carbocycles. The molecule has 0 spiro atoms. The molecule has 10 nitrogen and oxygen atoms in total. The third kappa shape index (κ3) is 9.04.